The van der Waals surface area contributed by atoms with Crippen molar-refractivity contribution in [3.63, 3.8) is 0 Å². The van der Waals surface area contributed by atoms with Crippen molar-refractivity contribution in [1.82, 2.24) is 14.8 Å². The summed E-state index contributed by atoms with van der Waals surface area (Å²) in [6, 6.07) is 16.5. The van der Waals surface area contributed by atoms with Crippen molar-refractivity contribution < 1.29 is 9.53 Å². The molecule has 3 heterocycles. The van der Waals surface area contributed by atoms with E-state index in [-0.39, 0.29) is 5.91 Å². The first-order valence-corrected chi connectivity index (χ1v) is 13.0. The maximum Gasteiger partial charge on any atom is 0.228 e. The smallest absolute Gasteiger partial charge is 0.228 e. The van der Waals surface area contributed by atoms with E-state index >= 15 is 0 Å². The molecule has 0 aliphatic carbocycles. The summed E-state index contributed by atoms with van der Waals surface area (Å²) in [5.74, 6) is 0.142. The van der Waals surface area contributed by atoms with Crippen molar-refractivity contribution >= 4 is 34.5 Å². The van der Waals surface area contributed by atoms with Gasteiger partial charge in [-0.25, -0.2) is 4.98 Å². The maximum atomic E-state index is 12.9. The van der Waals surface area contributed by atoms with Crippen LogP contribution in [-0.4, -0.2) is 73.2 Å². The molecule has 3 aromatic rings. The van der Waals surface area contributed by atoms with Gasteiger partial charge in [-0.1, -0.05) is 35.9 Å². The van der Waals surface area contributed by atoms with Gasteiger partial charge in [-0.3, -0.25) is 9.69 Å². The zero-order valence-corrected chi connectivity index (χ0v) is 20.7. The summed E-state index contributed by atoms with van der Waals surface area (Å²) in [6.45, 7) is 7.53. The third-order valence-electron chi connectivity index (χ3n) is 6.37. The zero-order valence-electron chi connectivity index (χ0n) is 19.2. The molecule has 1 aromatic heterocycles. The Morgan fingerprint density at radius 1 is 1.00 bits per heavy atom. The lowest BCUT2D eigenvalue weighted by Crippen LogP contribution is -2.49. The highest BCUT2D eigenvalue weighted by Crippen LogP contribution is 2.26. The molecule has 178 valence electrons. The van der Waals surface area contributed by atoms with E-state index in [0.717, 1.165) is 72.9 Å². The van der Waals surface area contributed by atoms with E-state index in [0.29, 0.717) is 19.5 Å². The molecule has 0 unspecified atom stereocenters. The summed E-state index contributed by atoms with van der Waals surface area (Å²) in [4.78, 5) is 24.4. The van der Waals surface area contributed by atoms with Crippen LogP contribution in [0.2, 0.25) is 5.02 Å². The van der Waals surface area contributed by atoms with Gasteiger partial charge in [-0.15, -0.1) is 11.3 Å². The average Bonchev–Trinajstić information content (AvgIpc) is 3.33. The first-order chi connectivity index (χ1) is 16.6. The van der Waals surface area contributed by atoms with E-state index in [1.807, 2.05) is 28.5 Å². The number of rotatable bonds is 6. The minimum absolute atomic E-state index is 0.142. The Morgan fingerprint density at radius 3 is 2.59 bits per heavy atom. The number of aromatic nitrogens is 1. The quantitative estimate of drug-likeness (QED) is 0.512. The van der Waals surface area contributed by atoms with Crippen LogP contribution < -0.4 is 4.90 Å². The topological polar surface area (TPSA) is 48.9 Å². The molecule has 0 atom stereocenters. The number of thiazole rings is 1. The predicted octanol–water partition coefficient (Wildman–Crippen LogP) is 4.19. The standard InChI is InChI=1S/C26H29ClN4O2S/c27-22-5-2-6-24(16-22)30-7-9-31(10-8-30)25(32)17-23-19-34-26(28-23)21-4-1-3-20(15-21)18-29-11-13-33-14-12-29/h1-6,15-16,19H,7-14,17-18H2. The summed E-state index contributed by atoms with van der Waals surface area (Å²) in [6.07, 6.45) is 0.348. The number of carbonyl (C=O) groups excluding carboxylic acids is 1. The minimum Gasteiger partial charge on any atom is -0.379 e. The summed E-state index contributed by atoms with van der Waals surface area (Å²) in [5.41, 5.74) is 4.36. The Bertz CT molecular complexity index is 1120. The van der Waals surface area contributed by atoms with Crippen molar-refractivity contribution in [3.8, 4) is 10.6 Å². The van der Waals surface area contributed by atoms with Crippen LogP contribution in [-0.2, 0) is 22.5 Å². The van der Waals surface area contributed by atoms with Crippen LogP contribution in [0.5, 0.6) is 0 Å². The molecule has 0 radical (unpaired) electrons. The lowest BCUT2D eigenvalue weighted by Gasteiger charge is -2.36. The van der Waals surface area contributed by atoms with E-state index < -0.39 is 0 Å². The number of amides is 1. The van der Waals surface area contributed by atoms with Crippen molar-refractivity contribution in [2.24, 2.45) is 0 Å². The van der Waals surface area contributed by atoms with Crippen molar-refractivity contribution in [2.75, 3.05) is 57.4 Å². The van der Waals surface area contributed by atoms with Crippen molar-refractivity contribution in [3.05, 3.63) is 70.2 Å². The van der Waals surface area contributed by atoms with Gasteiger partial charge in [0, 0.05) is 67.5 Å². The van der Waals surface area contributed by atoms with E-state index in [4.69, 9.17) is 21.3 Å². The van der Waals surface area contributed by atoms with Gasteiger partial charge in [-0.2, -0.15) is 0 Å². The highest BCUT2D eigenvalue weighted by Gasteiger charge is 2.22. The number of hydrogen-bond acceptors (Lipinski definition) is 6. The highest BCUT2D eigenvalue weighted by molar-refractivity contribution is 7.13. The van der Waals surface area contributed by atoms with Gasteiger partial charge < -0.3 is 14.5 Å². The number of nitrogens with zero attached hydrogens (tertiary/aromatic N) is 4. The number of piperazine rings is 1. The molecule has 1 amide bonds. The molecule has 2 aromatic carbocycles. The first-order valence-electron chi connectivity index (χ1n) is 11.8. The maximum absolute atomic E-state index is 12.9. The Morgan fingerprint density at radius 2 is 1.79 bits per heavy atom. The van der Waals surface area contributed by atoms with Gasteiger partial charge in [-0.05, 0) is 29.8 Å². The van der Waals surface area contributed by atoms with Crippen LogP contribution in [0, 0.1) is 0 Å². The van der Waals surface area contributed by atoms with Crippen LogP contribution in [0.15, 0.2) is 53.9 Å². The summed E-state index contributed by atoms with van der Waals surface area (Å²) in [5, 5.41) is 3.73. The van der Waals surface area contributed by atoms with Gasteiger partial charge in [0.2, 0.25) is 5.91 Å². The van der Waals surface area contributed by atoms with Gasteiger partial charge in [0.25, 0.3) is 0 Å². The minimum atomic E-state index is 0.142. The number of halogens is 1. The molecule has 5 rings (SSSR count). The Kier molecular flexibility index (Phi) is 7.45. The van der Waals surface area contributed by atoms with Crippen molar-refractivity contribution in [2.45, 2.75) is 13.0 Å². The molecule has 0 N–H and O–H groups in total. The summed E-state index contributed by atoms with van der Waals surface area (Å²) < 4.78 is 5.45. The molecule has 2 aliphatic heterocycles. The third-order valence-corrected chi connectivity index (χ3v) is 7.55. The third kappa shape index (κ3) is 5.78. The molecule has 2 fully saturated rings. The summed E-state index contributed by atoms with van der Waals surface area (Å²) in [7, 11) is 0. The average molecular weight is 497 g/mol. The van der Waals surface area contributed by atoms with Crippen molar-refractivity contribution in [1.29, 1.82) is 0 Å². The fourth-order valence-corrected chi connectivity index (χ4v) is 5.50. The normalized spacial score (nSPS) is 17.2. The van der Waals surface area contributed by atoms with E-state index in [1.165, 1.54) is 5.56 Å². The predicted molar refractivity (Wildman–Crippen MR) is 138 cm³/mol. The largest absolute Gasteiger partial charge is 0.379 e. The molecule has 34 heavy (non-hydrogen) atoms. The molecule has 0 saturated carbocycles. The molecule has 0 bridgehead atoms. The number of ether oxygens (including phenoxy) is 1. The SMILES string of the molecule is O=C(Cc1csc(-c2cccc(CN3CCOCC3)c2)n1)N1CCN(c2cccc(Cl)c2)CC1. The van der Waals surface area contributed by atoms with Crippen LogP contribution >= 0.6 is 22.9 Å². The molecular weight excluding hydrogens is 468 g/mol. The summed E-state index contributed by atoms with van der Waals surface area (Å²) >= 11 is 7.74. The molecular formula is C26H29ClN4O2S. The van der Waals surface area contributed by atoms with Crippen LogP contribution in [0.3, 0.4) is 0 Å². The van der Waals surface area contributed by atoms with Crippen LogP contribution in [0.4, 0.5) is 5.69 Å². The van der Waals surface area contributed by atoms with Crippen LogP contribution in [0.1, 0.15) is 11.3 Å². The number of morpholine rings is 1. The second-order valence-corrected chi connectivity index (χ2v) is 10.1. The fraction of sp³-hybridized carbons (Fsp3) is 0.385. The van der Waals surface area contributed by atoms with E-state index in [2.05, 4.69) is 40.1 Å². The van der Waals surface area contributed by atoms with Gasteiger partial charge in [0.15, 0.2) is 0 Å². The lowest BCUT2D eigenvalue weighted by atomic mass is 10.1. The molecule has 2 saturated heterocycles. The van der Waals surface area contributed by atoms with E-state index in [1.54, 1.807) is 11.3 Å². The number of anilines is 1. The number of benzene rings is 2. The Labute approximate surface area is 209 Å². The lowest BCUT2D eigenvalue weighted by molar-refractivity contribution is -0.130. The second-order valence-electron chi connectivity index (χ2n) is 8.76. The van der Waals surface area contributed by atoms with Gasteiger partial charge in [0.05, 0.1) is 25.3 Å². The Balaban J connectivity index is 1.16. The monoisotopic (exact) mass is 496 g/mol. The Hall–Kier alpha value is -2.45. The number of hydrogen-bond donors (Lipinski definition) is 0. The first kappa shape index (κ1) is 23.3. The van der Waals surface area contributed by atoms with Gasteiger partial charge >= 0.3 is 0 Å². The molecule has 8 heteroatoms. The highest BCUT2D eigenvalue weighted by atomic mass is 35.5. The van der Waals surface area contributed by atoms with Gasteiger partial charge in [0.1, 0.15) is 5.01 Å². The van der Waals surface area contributed by atoms with Crippen LogP contribution in [0.25, 0.3) is 10.6 Å². The molecule has 0 spiro atoms. The van der Waals surface area contributed by atoms with E-state index in [9.17, 15) is 4.79 Å². The second kappa shape index (κ2) is 10.9. The zero-order chi connectivity index (χ0) is 23.3. The fourth-order valence-electron chi connectivity index (χ4n) is 4.49. The number of carbonyl (C=O) groups is 1. The molecule has 2 aliphatic rings. The molecule has 6 nitrogen and oxygen atoms in total.